The van der Waals surface area contributed by atoms with Gasteiger partial charge in [-0.1, -0.05) is 25.1 Å². The molecule has 28 heavy (non-hydrogen) atoms. The largest absolute Gasteiger partial charge is 0.416 e. The fourth-order valence-corrected chi connectivity index (χ4v) is 2.92. The molecular formula is C20H28F3N5. The van der Waals surface area contributed by atoms with Crippen molar-refractivity contribution in [2.24, 2.45) is 12.0 Å². The van der Waals surface area contributed by atoms with Gasteiger partial charge >= 0.3 is 6.18 Å². The van der Waals surface area contributed by atoms with Crippen LogP contribution >= 0.6 is 0 Å². The first-order chi connectivity index (χ1) is 13.2. The molecule has 0 spiro atoms. The Labute approximate surface area is 164 Å². The molecule has 1 atom stereocenters. The van der Waals surface area contributed by atoms with Crippen LogP contribution < -0.4 is 5.32 Å². The van der Waals surface area contributed by atoms with Gasteiger partial charge in [-0.15, -0.1) is 0 Å². The summed E-state index contributed by atoms with van der Waals surface area (Å²) in [7, 11) is 3.82. The number of guanidine groups is 1. The second-order valence-electron chi connectivity index (χ2n) is 6.93. The lowest BCUT2D eigenvalue weighted by atomic mass is 9.96. The summed E-state index contributed by atoms with van der Waals surface area (Å²) in [5, 5.41) is 7.42. The summed E-state index contributed by atoms with van der Waals surface area (Å²) in [5.74, 6) is 0.750. The molecule has 1 N–H and O–H groups in total. The maximum Gasteiger partial charge on any atom is 0.416 e. The molecule has 154 valence electrons. The van der Waals surface area contributed by atoms with E-state index in [-0.39, 0.29) is 5.92 Å². The minimum atomic E-state index is -4.32. The van der Waals surface area contributed by atoms with Gasteiger partial charge in [-0.25, -0.2) is 0 Å². The molecule has 0 radical (unpaired) electrons. The molecule has 1 aromatic carbocycles. The maximum atomic E-state index is 12.9. The van der Waals surface area contributed by atoms with Gasteiger partial charge < -0.3 is 10.2 Å². The molecule has 0 aliphatic heterocycles. The fraction of sp³-hybridized carbons (Fsp3) is 0.500. The van der Waals surface area contributed by atoms with Gasteiger partial charge in [0.25, 0.3) is 0 Å². The van der Waals surface area contributed by atoms with Crippen LogP contribution in [-0.4, -0.2) is 40.8 Å². The summed E-state index contributed by atoms with van der Waals surface area (Å²) < 4.78 is 40.5. The standard InChI is InChI=1S/C20H28F3N5/c1-5-24-19(27(3)13-16-12-26-28(4)14-16)25-10-9-15(2)17-7-6-8-18(11-17)20(21,22)23/h6-8,11-12,14-15H,5,9-10,13H2,1-4H3,(H,24,25). The van der Waals surface area contributed by atoms with Gasteiger partial charge in [-0.2, -0.15) is 18.3 Å². The molecular weight excluding hydrogens is 367 g/mol. The van der Waals surface area contributed by atoms with Crippen molar-refractivity contribution in [1.29, 1.82) is 0 Å². The Bertz CT molecular complexity index is 782. The molecule has 1 aromatic heterocycles. The van der Waals surface area contributed by atoms with Crippen molar-refractivity contribution in [3.8, 4) is 0 Å². The van der Waals surface area contributed by atoms with Crippen LogP contribution in [-0.2, 0) is 19.8 Å². The highest BCUT2D eigenvalue weighted by molar-refractivity contribution is 5.79. The van der Waals surface area contributed by atoms with Crippen LogP contribution in [0.3, 0.4) is 0 Å². The summed E-state index contributed by atoms with van der Waals surface area (Å²) in [6.07, 6.45) is 0.115. The van der Waals surface area contributed by atoms with Crippen LogP contribution in [0, 0.1) is 0 Å². The van der Waals surface area contributed by atoms with Gasteiger partial charge in [0.15, 0.2) is 5.96 Å². The van der Waals surface area contributed by atoms with Crippen molar-refractivity contribution in [3.05, 3.63) is 53.3 Å². The molecule has 1 unspecified atom stereocenters. The topological polar surface area (TPSA) is 45.5 Å². The predicted octanol–water partition coefficient (Wildman–Crippen LogP) is 4.03. The highest BCUT2D eigenvalue weighted by Gasteiger charge is 2.30. The number of benzene rings is 1. The third-order valence-electron chi connectivity index (χ3n) is 4.48. The number of aryl methyl sites for hydroxylation is 1. The molecule has 0 aliphatic carbocycles. The molecule has 0 bridgehead atoms. The summed E-state index contributed by atoms with van der Waals surface area (Å²) >= 11 is 0. The number of rotatable bonds is 7. The number of halogens is 3. The Hall–Kier alpha value is -2.51. The SMILES string of the molecule is CCNC(=NCCC(C)c1cccc(C(F)(F)F)c1)N(C)Cc1cnn(C)c1. The van der Waals surface area contributed by atoms with Crippen LogP contribution in [0.15, 0.2) is 41.7 Å². The lowest BCUT2D eigenvalue weighted by molar-refractivity contribution is -0.137. The van der Waals surface area contributed by atoms with Gasteiger partial charge in [0, 0.05) is 45.5 Å². The van der Waals surface area contributed by atoms with Gasteiger partial charge in [0.2, 0.25) is 0 Å². The van der Waals surface area contributed by atoms with Gasteiger partial charge in [0.1, 0.15) is 0 Å². The van der Waals surface area contributed by atoms with Gasteiger partial charge in [-0.05, 0) is 30.9 Å². The molecule has 8 heteroatoms. The average molecular weight is 395 g/mol. The van der Waals surface area contributed by atoms with E-state index in [1.807, 2.05) is 45.2 Å². The van der Waals surface area contributed by atoms with Gasteiger partial charge in [-0.3, -0.25) is 9.67 Å². The van der Waals surface area contributed by atoms with E-state index in [0.29, 0.717) is 25.1 Å². The second kappa shape index (κ2) is 9.61. The molecule has 2 aromatic rings. The maximum absolute atomic E-state index is 12.9. The molecule has 1 heterocycles. The Morgan fingerprint density at radius 2 is 2.11 bits per heavy atom. The number of nitrogens with one attached hydrogen (secondary N) is 1. The zero-order valence-electron chi connectivity index (χ0n) is 16.8. The first-order valence-corrected chi connectivity index (χ1v) is 9.34. The van der Waals surface area contributed by atoms with Crippen LogP contribution in [0.25, 0.3) is 0 Å². The fourth-order valence-electron chi connectivity index (χ4n) is 2.92. The van der Waals surface area contributed by atoms with Crippen LogP contribution in [0.2, 0.25) is 0 Å². The number of alkyl halides is 3. The molecule has 0 saturated carbocycles. The van der Waals surface area contributed by atoms with Crippen molar-refractivity contribution < 1.29 is 13.2 Å². The van der Waals surface area contributed by atoms with Crippen molar-refractivity contribution in [2.75, 3.05) is 20.1 Å². The number of hydrogen-bond donors (Lipinski definition) is 1. The summed E-state index contributed by atoms with van der Waals surface area (Å²) in [6.45, 7) is 5.86. The van der Waals surface area contributed by atoms with Crippen LogP contribution in [0.4, 0.5) is 13.2 Å². The van der Waals surface area contributed by atoms with E-state index < -0.39 is 11.7 Å². The van der Waals surface area contributed by atoms with E-state index in [9.17, 15) is 13.2 Å². The van der Waals surface area contributed by atoms with E-state index in [0.717, 1.165) is 24.1 Å². The van der Waals surface area contributed by atoms with E-state index in [2.05, 4.69) is 15.4 Å². The monoisotopic (exact) mass is 395 g/mol. The summed E-state index contributed by atoms with van der Waals surface area (Å²) in [6, 6.07) is 5.53. The third-order valence-corrected chi connectivity index (χ3v) is 4.48. The van der Waals surface area contributed by atoms with Crippen LogP contribution in [0.5, 0.6) is 0 Å². The Balaban J connectivity index is 1.99. The molecule has 5 nitrogen and oxygen atoms in total. The summed E-state index contributed by atoms with van der Waals surface area (Å²) in [4.78, 5) is 6.64. The smallest absolute Gasteiger partial charge is 0.357 e. The number of aliphatic imine (C=N–C) groups is 1. The van der Waals surface area contributed by atoms with Crippen molar-refractivity contribution in [2.45, 2.75) is 38.9 Å². The van der Waals surface area contributed by atoms with Gasteiger partial charge in [0.05, 0.1) is 11.8 Å². The Morgan fingerprint density at radius 1 is 1.36 bits per heavy atom. The molecule has 0 aliphatic rings. The van der Waals surface area contributed by atoms with Crippen molar-refractivity contribution >= 4 is 5.96 Å². The first-order valence-electron chi connectivity index (χ1n) is 9.34. The minimum absolute atomic E-state index is 0.0162. The zero-order valence-corrected chi connectivity index (χ0v) is 16.8. The second-order valence-corrected chi connectivity index (χ2v) is 6.93. The van der Waals surface area contributed by atoms with E-state index in [1.54, 1.807) is 10.7 Å². The highest BCUT2D eigenvalue weighted by Crippen LogP contribution is 2.31. The van der Waals surface area contributed by atoms with E-state index in [1.165, 1.54) is 12.1 Å². The first kappa shape index (κ1) is 21.8. The van der Waals surface area contributed by atoms with Crippen molar-refractivity contribution in [3.63, 3.8) is 0 Å². The predicted molar refractivity (Wildman–Crippen MR) is 105 cm³/mol. The number of nitrogens with zero attached hydrogens (tertiary/aromatic N) is 4. The Kier molecular flexibility index (Phi) is 7.48. The quantitative estimate of drug-likeness (QED) is 0.569. The van der Waals surface area contributed by atoms with E-state index >= 15 is 0 Å². The zero-order chi connectivity index (χ0) is 20.7. The molecule has 0 fully saturated rings. The van der Waals surface area contributed by atoms with Crippen molar-refractivity contribution in [1.82, 2.24) is 20.0 Å². The highest BCUT2D eigenvalue weighted by atomic mass is 19.4. The summed E-state index contributed by atoms with van der Waals surface area (Å²) in [5.41, 5.74) is 1.15. The molecule has 0 saturated heterocycles. The minimum Gasteiger partial charge on any atom is -0.357 e. The van der Waals surface area contributed by atoms with E-state index in [4.69, 9.17) is 0 Å². The normalized spacial score (nSPS) is 13.5. The lowest BCUT2D eigenvalue weighted by Gasteiger charge is -2.22. The van der Waals surface area contributed by atoms with Crippen LogP contribution in [0.1, 0.15) is 42.9 Å². The lowest BCUT2D eigenvalue weighted by Crippen LogP contribution is -2.38. The number of aromatic nitrogens is 2. The number of hydrogen-bond acceptors (Lipinski definition) is 2. The Morgan fingerprint density at radius 3 is 2.71 bits per heavy atom. The molecule has 0 amide bonds. The molecule has 2 rings (SSSR count). The third kappa shape index (κ3) is 6.28. The average Bonchev–Trinajstić information content (AvgIpc) is 3.05.